The third-order valence-corrected chi connectivity index (χ3v) is 6.46. The molecule has 2 aliphatic rings. The van der Waals surface area contributed by atoms with E-state index in [1.54, 1.807) is 24.3 Å². The Balaban J connectivity index is 1.59. The van der Waals surface area contributed by atoms with Gasteiger partial charge in [-0.1, -0.05) is 53.5 Å². The summed E-state index contributed by atoms with van der Waals surface area (Å²) < 4.78 is 5.38. The molecule has 2 aliphatic heterocycles. The molecule has 3 atom stereocenters. The molecule has 0 saturated carbocycles. The van der Waals surface area contributed by atoms with Gasteiger partial charge in [0.1, 0.15) is 11.7 Å². The van der Waals surface area contributed by atoms with Crippen molar-refractivity contribution in [3.63, 3.8) is 0 Å². The zero-order valence-electron chi connectivity index (χ0n) is 16.9. The number of anilines is 2. The maximum Gasteiger partial charge on any atom is 0.266 e. The van der Waals surface area contributed by atoms with Gasteiger partial charge in [0.05, 0.1) is 34.6 Å². The van der Waals surface area contributed by atoms with Crippen molar-refractivity contribution in [2.45, 2.75) is 12.1 Å². The summed E-state index contributed by atoms with van der Waals surface area (Å²) in [7, 11) is 1.58. The molecule has 0 bridgehead atoms. The highest BCUT2D eigenvalue weighted by molar-refractivity contribution is 6.42. The van der Waals surface area contributed by atoms with E-state index >= 15 is 0 Å². The second-order valence-corrected chi connectivity index (χ2v) is 8.36. The van der Waals surface area contributed by atoms with E-state index < -0.39 is 24.0 Å². The van der Waals surface area contributed by atoms with Crippen molar-refractivity contribution in [3.05, 3.63) is 88.4 Å². The molecule has 32 heavy (non-hydrogen) atoms. The Morgan fingerprint density at radius 2 is 1.62 bits per heavy atom. The molecule has 3 aromatic rings. The summed E-state index contributed by atoms with van der Waals surface area (Å²) in [5.74, 6) is -0.893. The van der Waals surface area contributed by atoms with Crippen LogP contribution in [-0.2, 0) is 14.4 Å². The Labute approximate surface area is 194 Å². The molecule has 5 rings (SSSR count). The van der Waals surface area contributed by atoms with Crippen LogP contribution in [0, 0.1) is 5.92 Å². The molecule has 2 heterocycles. The van der Waals surface area contributed by atoms with E-state index in [4.69, 9.17) is 32.8 Å². The minimum atomic E-state index is -0.964. The fourth-order valence-electron chi connectivity index (χ4n) is 4.26. The number of methoxy groups -OCH3 is 1. The standard InChI is InChI=1S/C24H18Cl2N2O4/c1-31-17-9-5-6-14(12-17)21-20-22(32-28(21)15-7-3-2-4-8-15)24(30)27(23(20)29)16-10-11-18(25)19(26)13-16/h2-13,20-22H,1H3/t20-,21-,22+/m0/s1. The summed E-state index contributed by atoms with van der Waals surface area (Å²) in [6.45, 7) is 0. The molecule has 8 heteroatoms. The molecule has 2 fully saturated rings. The van der Waals surface area contributed by atoms with Crippen molar-refractivity contribution >= 4 is 46.4 Å². The largest absolute Gasteiger partial charge is 0.497 e. The lowest BCUT2D eigenvalue weighted by Crippen LogP contribution is -2.37. The fourth-order valence-corrected chi connectivity index (χ4v) is 4.55. The van der Waals surface area contributed by atoms with Crippen LogP contribution in [0.3, 0.4) is 0 Å². The number of rotatable bonds is 4. The number of ether oxygens (including phenoxy) is 1. The Bertz CT molecular complexity index is 1200. The van der Waals surface area contributed by atoms with Crippen molar-refractivity contribution in [2.24, 2.45) is 5.92 Å². The van der Waals surface area contributed by atoms with Gasteiger partial charge in [-0.2, -0.15) is 0 Å². The zero-order valence-corrected chi connectivity index (χ0v) is 18.5. The SMILES string of the molecule is COc1cccc([C@H]2[C@@H]3C(=O)N(c4ccc(Cl)c(Cl)c4)C(=O)[C@@H]3ON2c2ccccc2)c1. The summed E-state index contributed by atoms with van der Waals surface area (Å²) in [5, 5.41) is 2.25. The Hall–Kier alpha value is -3.06. The maximum absolute atomic E-state index is 13.6. The van der Waals surface area contributed by atoms with Crippen LogP contribution >= 0.6 is 23.2 Å². The third kappa shape index (κ3) is 3.32. The molecular weight excluding hydrogens is 451 g/mol. The van der Waals surface area contributed by atoms with Crippen molar-refractivity contribution in [2.75, 3.05) is 17.1 Å². The van der Waals surface area contributed by atoms with Crippen LogP contribution < -0.4 is 14.7 Å². The first kappa shape index (κ1) is 20.8. The molecule has 0 aliphatic carbocycles. The minimum absolute atomic E-state index is 0.262. The van der Waals surface area contributed by atoms with Crippen LogP contribution in [0.2, 0.25) is 10.0 Å². The molecule has 0 radical (unpaired) electrons. The summed E-state index contributed by atoms with van der Waals surface area (Å²) in [6.07, 6.45) is -0.964. The first-order valence-corrected chi connectivity index (χ1v) is 10.7. The molecule has 0 unspecified atom stereocenters. The van der Waals surface area contributed by atoms with Crippen molar-refractivity contribution in [1.29, 1.82) is 0 Å². The van der Waals surface area contributed by atoms with Crippen LogP contribution in [-0.4, -0.2) is 25.0 Å². The quantitative estimate of drug-likeness (QED) is 0.501. The number of nitrogens with zero attached hydrogens (tertiary/aromatic N) is 2. The monoisotopic (exact) mass is 468 g/mol. The van der Waals surface area contributed by atoms with Gasteiger partial charge in [0.15, 0.2) is 6.10 Å². The van der Waals surface area contributed by atoms with E-state index in [0.29, 0.717) is 16.5 Å². The summed E-state index contributed by atoms with van der Waals surface area (Å²) in [4.78, 5) is 34.2. The van der Waals surface area contributed by atoms with Crippen molar-refractivity contribution in [1.82, 2.24) is 0 Å². The van der Waals surface area contributed by atoms with Crippen molar-refractivity contribution < 1.29 is 19.2 Å². The van der Waals surface area contributed by atoms with Gasteiger partial charge in [-0.3, -0.25) is 14.4 Å². The van der Waals surface area contributed by atoms with Gasteiger partial charge in [0.25, 0.3) is 5.91 Å². The third-order valence-electron chi connectivity index (χ3n) is 5.72. The molecular formula is C24H18Cl2N2O4. The zero-order chi connectivity index (χ0) is 22.4. The van der Waals surface area contributed by atoms with Gasteiger partial charge in [-0.25, -0.2) is 9.96 Å². The normalized spacial score (nSPS) is 22.4. The first-order valence-electron chi connectivity index (χ1n) is 9.97. The van der Waals surface area contributed by atoms with Crippen LogP contribution in [0.25, 0.3) is 0 Å². The highest BCUT2D eigenvalue weighted by atomic mass is 35.5. The van der Waals surface area contributed by atoms with E-state index in [1.165, 1.54) is 6.07 Å². The number of hydrogen-bond donors (Lipinski definition) is 0. The average Bonchev–Trinajstić information content (AvgIpc) is 3.32. The number of carbonyl (C=O) groups excluding carboxylic acids is 2. The molecule has 3 aromatic carbocycles. The van der Waals surface area contributed by atoms with Gasteiger partial charge in [-0.15, -0.1) is 0 Å². The number of benzene rings is 3. The molecule has 0 spiro atoms. The summed E-state index contributed by atoms with van der Waals surface area (Å²) >= 11 is 12.1. The molecule has 162 valence electrons. The number of fused-ring (bicyclic) bond motifs is 1. The topological polar surface area (TPSA) is 59.1 Å². The summed E-state index contributed by atoms with van der Waals surface area (Å²) in [6, 6.07) is 21.0. The van der Waals surface area contributed by atoms with Gasteiger partial charge >= 0.3 is 0 Å². The molecule has 2 amide bonds. The van der Waals surface area contributed by atoms with Crippen LogP contribution in [0.5, 0.6) is 5.75 Å². The Morgan fingerprint density at radius 3 is 2.34 bits per heavy atom. The second-order valence-electron chi connectivity index (χ2n) is 7.54. The van der Waals surface area contributed by atoms with Gasteiger partial charge in [0.2, 0.25) is 5.91 Å². The van der Waals surface area contributed by atoms with Crippen LogP contribution in [0.15, 0.2) is 72.8 Å². The summed E-state index contributed by atoms with van der Waals surface area (Å²) in [5.41, 5.74) is 1.91. The average molecular weight is 469 g/mol. The fraction of sp³-hybridized carbons (Fsp3) is 0.167. The van der Waals surface area contributed by atoms with Crippen LogP contribution in [0.1, 0.15) is 11.6 Å². The van der Waals surface area contributed by atoms with E-state index in [2.05, 4.69) is 0 Å². The smallest absolute Gasteiger partial charge is 0.266 e. The second kappa shape index (κ2) is 8.13. The first-order chi connectivity index (χ1) is 15.5. The van der Waals surface area contributed by atoms with Gasteiger partial charge < -0.3 is 4.74 Å². The maximum atomic E-state index is 13.6. The number of carbonyl (C=O) groups is 2. The molecule has 0 aromatic heterocycles. The minimum Gasteiger partial charge on any atom is -0.497 e. The van der Waals surface area contributed by atoms with E-state index in [9.17, 15) is 9.59 Å². The number of halogens is 2. The Kier molecular flexibility index (Phi) is 5.29. The van der Waals surface area contributed by atoms with Gasteiger partial charge in [0, 0.05) is 0 Å². The molecule has 0 N–H and O–H groups in total. The highest BCUT2D eigenvalue weighted by Crippen LogP contribution is 2.48. The molecule has 6 nitrogen and oxygen atoms in total. The van der Waals surface area contributed by atoms with E-state index in [1.807, 2.05) is 54.6 Å². The lowest BCUT2D eigenvalue weighted by Gasteiger charge is -2.29. The number of imide groups is 1. The van der Waals surface area contributed by atoms with E-state index in [-0.39, 0.29) is 10.9 Å². The number of amides is 2. The number of hydroxylamine groups is 1. The lowest BCUT2D eigenvalue weighted by atomic mass is 9.90. The van der Waals surface area contributed by atoms with Gasteiger partial charge in [-0.05, 0) is 48.0 Å². The van der Waals surface area contributed by atoms with Crippen molar-refractivity contribution in [3.8, 4) is 5.75 Å². The molecule has 2 saturated heterocycles. The predicted octanol–water partition coefficient (Wildman–Crippen LogP) is 5.05. The number of para-hydroxylation sites is 1. The van der Waals surface area contributed by atoms with Crippen LogP contribution in [0.4, 0.5) is 11.4 Å². The predicted molar refractivity (Wildman–Crippen MR) is 122 cm³/mol. The Morgan fingerprint density at radius 1 is 0.844 bits per heavy atom. The highest BCUT2D eigenvalue weighted by Gasteiger charge is 2.60. The van der Waals surface area contributed by atoms with E-state index in [0.717, 1.165) is 16.2 Å². The number of hydrogen-bond acceptors (Lipinski definition) is 5. The lowest BCUT2D eigenvalue weighted by molar-refractivity contribution is -0.126.